The molecular weight excluding hydrogens is 420 g/mol. The number of hydrogen-bond acceptors (Lipinski definition) is 3. The Labute approximate surface area is 181 Å². The van der Waals surface area contributed by atoms with Gasteiger partial charge in [0.2, 0.25) is 10.0 Å². The van der Waals surface area contributed by atoms with Crippen molar-refractivity contribution in [3.05, 3.63) is 82.4 Å². The lowest BCUT2D eigenvalue weighted by Crippen LogP contribution is -2.30. The molecule has 3 aromatic rings. The van der Waals surface area contributed by atoms with Crippen LogP contribution in [0.1, 0.15) is 35.3 Å². The molecule has 7 heteroatoms. The van der Waals surface area contributed by atoms with Crippen molar-refractivity contribution in [2.45, 2.75) is 31.2 Å². The summed E-state index contributed by atoms with van der Waals surface area (Å²) in [5, 5.41) is 3.02. The average Bonchev–Trinajstić information content (AvgIpc) is 3.04. The standard InChI is InChI=1S/C23H21ClN2O3S/c1-14(2)26-30(28,29)18-8-10-22(24)21(13-18)23(27)25-17-7-9-20-16(12-17)11-15-5-3-4-6-19(15)20/h3-10,12-14,26H,11H2,1-2H3,(H,25,27). The molecule has 0 heterocycles. The fraction of sp³-hybridized carbons (Fsp3) is 0.174. The van der Waals surface area contributed by atoms with E-state index in [4.69, 9.17) is 11.6 Å². The van der Waals surface area contributed by atoms with Crippen molar-refractivity contribution in [3.63, 3.8) is 0 Å². The number of carbonyl (C=O) groups is 1. The molecule has 4 rings (SSSR count). The third kappa shape index (κ3) is 3.99. The summed E-state index contributed by atoms with van der Waals surface area (Å²) in [4.78, 5) is 12.8. The number of hydrogen-bond donors (Lipinski definition) is 2. The molecule has 0 aliphatic heterocycles. The smallest absolute Gasteiger partial charge is 0.257 e. The zero-order valence-electron chi connectivity index (χ0n) is 16.6. The fourth-order valence-corrected chi connectivity index (χ4v) is 5.13. The van der Waals surface area contributed by atoms with Gasteiger partial charge in [-0.15, -0.1) is 0 Å². The zero-order valence-corrected chi connectivity index (χ0v) is 18.1. The lowest BCUT2D eigenvalue weighted by atomic mass is 10.1. The predicted octanol–water partition coefficient (Wildman–Crippen LogP) is 4.85. The molecule has 0 unspecified atom stereocenters. The van der Waals surface area contributed by atoms with E-state index in [1.54, 1.807) is 13.8 Å². The summed E-state index contributed by atoms with van der Waals surface area (Å²) in [6.45, 7) is 3.46. The number of fused-ring (bicyclic) bond motifs is 3. The second-order valence-electron chi connectivity index (χ2n) is 7.58. The zero-order chi connectivity index (χ0) is 21.5. The second-order valence-corrected chi connectivity index (χ2v) is 9.70. The highest BCUT2D eigenvalue weighted by Crippen LogP contribution is 2.37. The molecule has 154 valence electrons. The van der Waals surface area contributed by atoms with E-state index in [1.807, 2.05) is 30.3 Å². The molecule has 0 bridgehead atoms. The quantitative estimate of drug-likeness (QED) is 0.465. The number of sulfonamides is 1. The van der Waals surface area contributed by atoms with E-state index in [2.05, 4.69) is 22.2 Å². The average molecular weight is 441 g/mol. The molecule has 0 spiro atoms. The minimum Gasteiger partial charge on any atom is -0.322 e. The Balaban J connectivity index is 1.59. The summed E-state index contributed by atoms with van der Waals surface area (Å²) in [6, 6.07) is 17.8. The Morgan fingerprint density at radius 2 is 1.70 bits per heavy atom. The van der Waals surface area contributed by atoms with Gasteiger partial charge in [0.05, 0.1) is 15.5 Å². The van der Waals surface area contributed by atoms with Crippen LogP contribution in [-0.4, -0.2) is 20.4 Å². The lowest BCUT2D eigenvalue weighted by molar-refractivity contribution is 0.102. The van der Waals surface area contributed by atoms with Gasteiger partial charge in [0.15, 0.2) is 0 Å². The molecule has 1 aliphatic rings. The molecule has 0 atom stereocenters. The monoisotopic (exact) mass is 440 g/mol. The van der Waals surface area contributed by atoms with Gasteiger partial charge in [-0.2, -0.15) is 0 Å². The Morgan fingerprint density at radius 3 is 2.47 bits per heavy atom. The SMILES string of the molecule is CC(C)NS(=O)(=O)c1ccc(Cl)c(C(=O)Nc2ccc3c(c2)Cc2ccccc2-3)c1. The van der Waals surface area contributed by atoms with E-state index in [0.29, 0.717) is 5.69 Å². The predicted molar refractivity (Wildman–Crippen MR) is 120 cm³/mol. The third-order valence-corrected chi connectivity index (χ3v) is 6.92. The summed E-state index contributed by atoms with van der Waals surface area (Å²) in [6.07, 6.45) is 0.810. The van der Waals surface area contributed by atoms with Crippen molar-refractivity contribution < 1.29 is 13.2 Å². The number of halogens is 1. The van der Waals surface area contributed by atoms with Crippen molar-refractivity contribution in [2.24, 2.45) is 0 Å². The maximum atomic E-state index is 12.8. The van der Waals surface area contributed by atoms with Crippen LogP contribution in [0, 0.1) is 0 Å². The van der Waals surface area contributed by atoms with Gasteiger partial charge in [-0.1, -0.05) is 41.9 Å². The Bertz CT molecular complexity index is 1250. The van der Waals surface area contributed by atoms with Crippen LogP contribution < -0.4 is 10.0 Å². The molecule has 0 radical (unpaired) electrons. The van der Waals surface area contributed by atoms with Crippen LogP contribution in [0.2, 0.25) is 5.02 Å². The highest BCUT2D eigenvalue weighted by molar-refractivity contribution is 7.89. The number of nitrogens with one attached hydrogen (secondary N) is 2. The first kappa shape index (κ1) is 20.6. The summed E-state index contributed by atoms with van der Waals surface area (Å²) in [5.41, 5.74) is 5.51. The third-order valence-electron chi connectivity index (χ3n) is 4.94. The second kappa shape index (κ2) is 7.87. The van der Waals surface area contributed by atoms with E-state index in [0.717, 1.165) is 17.5 Å². The van der Waals surface area contributed by atoms with E-state index < -0.39 is 15.9 Å². The molecule has 0 aromatic heterocycles. The number of benzene rings is 3. The Kier molecular flexibility index (Phi) is 5.40. The van der Waals surface area contributed by atoms with E-state index in [1.165, 1.54) is 29.3 Å². The fourth-order valence-electron chi connectivity index (χ4n) is 3.65. The highest BCUT2D eigenvalue weighted by Gasteiger charge is 2.21. The van der Waals surface area contributed by atoms with Gasteiger partial charge in [-0.3, -0.25) is 4.79 Å². The first-order valence-corrected chi connectivity index (χ1v) is 11.4. The topological polar surface area (TPSA) is 75.3 Å². The molecule has 1 aliphatic carbocycles. The molecule has 3 aromatic carbocycles. The molecular formula is C23H21ClN2O3S. The van der Waals surface area contributed by atoms with Crippen LogP contribution in [0.15, 0.2) is 65.6 Å². The van der Waals surface area contributed by atoms with E-state index in [9.17, 15) is 13.2 Å². The molecule has 0 saturated heterocycles. The van der Waals surface area contributed by atoms with E-state index in [-0.39, 0.29) is 21.5 Å². The first-order chi connectivity index (χ1) is 14.2. The summed E-state index contributed by atoms with van der Waals surface area (Å²) in [7, 11) is -3.73. The van der Waals surface area contributed by atoms with Gasteiger partial charge in [-0.25, -0.2) is 13.1 Å². The minimum atomic E-state index is -3.73. The van der Waals surface area contributed by atoms with Crippen molar-refractivity contribution in [1.29, 1.82) is 0 Å². The van der Waals surface area contributed by atoms with Crippen LogP contribution in [-0.2, 0) is 16.4 Å². The number of carbonyl (C=O) groups excluding carboxylic acids is 1. The van der Waals surface area contributed by atoms with Crippen LogP contribution in [0.25, 0.3) is 11.1 Å². The summed E-state index contributed by atoms with van der Waals surface area (Å²) in [5.74, 6) is -0.461. The van der Waals surface area contributed by atoms with Crippen molar-refractivity contribution in [2.75, 3.05) is 5.32 Å². The van der Waals surface area contributed by atoms with Gasteiger partial charge < -0.3 is 5.32 Å². The van der Waals surface area contributed by atoms with Crippen LogP contribution in [0.3, 0.4) is 0 Å². The number of amides is 1. The van der Waals surface area contributed by atoms with Crippen LogP contribution in [0.5, 0.6) is 0 Å². The molecule has 0 fully saturated rings. The normalized spacial score (nSPS) is 12.5. The van der Waals surface area contributed by atoms with Gasteiger partial charge in [-0.05, 0) is 72.9 Å². The van der Waals surface area contributed by atoms with E-state index >= 15 is 0 Å². The van der Waals surface area contributed by atoms with Gasteiger partial charge in [0.25, 0.3) is 5.91 Å². The van der Waals surface area contributed by atoms with Gasteiger partial charge in [0.1, 0.15) is 0 Å². The Hall–Kier alpha value is -2.67. The van der Waals surface area contributed by atoms with Crippen LogP contribution >= 0.6 is 11.6 Å². The van der Waals surface area contributed by atoms with Crippen molar-refractivity contribution in [1.82, 2.24) is 4.72 Å². The molecule has 30 heavy (non-hydrogen) atoms. The minimum absolute atomic E-state index is 0.00449. The number of anilines is 1. The van der Waals surface area contributed by atoms with Crippen LogP contribution in [0.4, 0.5) is 5.69 Å². The first-order valence-electron chi connectivity index (χ1n) is 9.59. The maximum Gasteiger partial charge on any atom is 0.257 e. The molecule has 2 N–H and O–H groups in total. The molecule has 0 saturated carbocycles. The molecule has 5 nitrogen and oxygen atoms in total. The Morgan fingerprint density at radius 1 is 0.967 bits per heavy atom. The van der Waals surface area contributed by atoms with Gasteiger partial charge >= 0.3 is 0 Å². The molecule has 1 amide bonds. The highest BCUT2D eigenvalue weighted by atomic mass is 35.5. The number of rotatable bonds is 5. The summed E-state index contributed by atoms with van der Waals surface area (Å²) >= 11 is 6.19. The largest absolute Gasteiger partial charge is 0.322 e. The van der Waals surface area contributed by atoms with Crippen molar-refractivity contribution in [3.8, 4) is 11.1 Å². The summed E-state index contributed by atoms with van der Waals surface area (Å²) < 4.78 is 27.4. The maximum absolute atomic E-state index is 12.8. The van der Waals surface area contributed by atoms with Gasteiger partial charge in [0, 0.05) is 11.7 Å². The lowest BCUT2D eigenvalue weighted by Gasteiger charge is -2.12. The van der Waals surface area contributed by atoms with Crippen molar-refractivity contribution >= 4 is 33.2 Å².